The fourth-order valence-electron chi connectivity index (χ4n) is 0.999. The van der Waals surface area contributed by atoms with Crippen LogP contribution in [-0.2, 0) is 6.42 Å². The molecule has 2 nitrogen and oxygen atoms in total. The van der Waals surface area contributed by atoms with Crippen molar-refractivity contribution in [2.75, 3.05) is 0 Å². The average molecular weight is 281 g/mol. The molecule has 1 heterocycles. The minimum absolute atomic E-state index is 0.117. The lowest BCUT2D eigenvalue weighted by Gasteiger charge is -2.08. The van der Waals surface area contributed by atoms with Crippen LogP contribution in [-0.4, -0.2) is 4.98 Å². The molecular formula is C8H4BrClF2N2. The van der Waals surface area contributed by atoms with Crippen molar-refractivity contribution in [1.82, 2.24) is 4.98 Å². The second kappa shape index (κ2) is 4.67. The highest BCUT2D eigenvalue weighted by molar-refractivity contribution is 9.10. The highest BCUT2D eigenvalue weighted by atomic mass is 79.9. The maximum absolute atomic E-state index is 12.5. The van der Waals surface area contributed by atoms with Gasteiger partial charge in [0, 0.05) is 17.3 Å². The van der Waals surface area contributed by atoms with Gasteiger partial charge in [-0.2, -0.15) is 5.26 Å². The standard InChI is InChI=1S/C8H4BrClF2N2/c9-7-4(1-2-13)6(8(11)12)5(10)3-14-7/h3,8H,1H2. The largest absolute Gasteiger partial charge is 0.265 e. The Balaban J connectivity index is 3.35. The van der Waals surface area contributed by atoms with E-state index in [0.29, 0.717) is 0 Å². The second-order valence-corrected chi connectivity index (χ2v) is 3.58. The van der Waals surface area contributed by atoms with Crippen LogP contribution in [0.1, 0.15) is 17.6 Å². The summed E-state index contributed by atoms with van der Waals surface area (Å²) < 4.78 is 25.3. The van der Waals surface area contributed by atoms with Gasteiger partial charge in [-0.15, -0.1) is 0 Å². The van der Waals surface area contributed by atoms with E-state index >= 15 is 0 Å². The summed E-state index contributed by atoms with van der Waals surface area (Å²) in [7, 11) is 0. The zero-order valence-electron chi connectivity index (χ0n) is 6.77. The van der Waals surface area contributed by atoms with E-state index in [1.54, 1.807) is 6.07 Å². The molecular weight excluding hydrogens is 277 g/mol. The number of hydrogen-bond acceptors (Lipinski definition) is 2. The van der Waals surface area contributed by atoms with Gasteiger partial charge in [0.05, 0.1) is 17.5 Å². The van der Waals surface area contributed by atoms with E-state index in [0.717, 1.165) is 6.20 Å². The van der Waals surface area contributed by atoms with Crippen molar-refractivity contribution in [3.8, 4) is 6.07 Å². The number of pyridine rings is 1. The fraction of sp³-hybridized carbons (Fsp3) is 0.250. The van der Waals surface area contributed by atoms with E-state index < -0.39 is 6.43 Å². The molecule has 0 saturated carbocycles. The maximum atomic E-state index is 12.5. The van der Waals surface area contributed by atoms with Gasteiger partial charge in [-0.25, -0.2) is 13.8 Å². The molecule has 6 heteroatoms. The fourth-order valence-corrected chi connectivity index (χ4v) is 1.70. The number of nitrogens with zero attached hydrogens (tertiary/aromatic N) is 2. The Hall–Kier alpha value is -0.730. The first-order valence-electron chi connectivity index (χ1n) is 3.55. The molecule has 0 fully saturated rings. The van der Waals surface area contributed by atoms with Crippen molar-refractivity contribution in [2.45, 2.75) is 12.8 Å². The van der Waals surface area contributed by atoms with Crippen molar-refractivity contribution < 1.29 is 8.78 Å². The van der Waals surface area contributed by atoms with Crippen LogP contribution in [0.15, 0.2) is 10.8 Å². The summed E-state index contributed by atoms with van der Waals surface area (Å²) in [5, 5.41) is 8.34. The molecule has 0 aliphatic carbocycles. The molecule has 74 valence electrons. The summed E-state index contributed by atoms with van der Waals surface area (Å²) in [6.07, 6.45) is -1.72. The van der Waals surface area contributed by atoms with E-state index in [9.17, 15) is 8.78 Å². The summed E-state index contributed by atoms with van der Waals surface area (Å²) in [6, 6.07) is 1.79. The molecule has 1 aromatic rings. The van der Waals surface area contributed by atoms with Crippen LogP contribution in [0.2, 0.25) is 5.02 Å². The monoisotopic (exact) mass is 280 g/mol. The number of hydrogen-bond donors (Lipinski definition) is 0. The SMILES string of the molecule is N#CCc1c(Br)ncc(Cl)c1C(F)F. The molecule has 0 saturated heterocycles. The molecule has 0 aliphatic heterocycles. The lowest BCUT2D eigenvalue weighted by atomic mass is 10.1. The molecule has 0 radical (unpaired) electrons. The van der Waals surface area contributed by atoms with Gasteiger partial charge in [0.25, 0.3) is 6.43 Å². The van der Waals surface area contributed by atoms with Crippen molar-refractivity contribution >= 4 is 27.5 Å². The van der Waals surface area contributed by atoms with Crippen molar-refractivity contribution in [2.24, 2.45) is 0 Å². The van der Waals surface area contributed by atoms with E-state index in [-0.39, 0.29) is 27.2 Å². The highest BCUT2D eigenvalue weighted by Crippen LogP contribution is 2.33. The molecule has 1 rings (SSSR count). The van der Waals surface area contributed by atoms with Crippen molar-refractivity contribution in [1.29, 1.82) is 5.26 Å². The molecule has 0 atom stereocenters. The van der Waals surface area contributed by atoms with Gasteiger partial charge in [-0.05, 0) is 15.9 Å². The van der Waals surface area contributed by atoms with E-state index in [4.69, 9.17) is 16.9 Å². The lowest BCUT2D eigenvalue weighted by Crippen LogP contribution is -1.98. The molecule has 0 bridgehead atoms. The van der Waals surface area contributed by atoms with E-state index in [1.807, 2.05) is 0 Å². The second-order valence-electron chi connectivity index (χ2n) is 2.42. The zero-order valence-corrected chi connectivity index (χ0v) is 9.11. The van der Waals surface area contributed by atoms with Crippen molar-refractivity contribution in [3.63, 3.8) is 0 Å². The van der Waals surface area contributed by atoms with Gasteiger partial charge in [-0.3, -0.25) is 0 Å². The number of aromatic nitrogens is 1. The molecule has 0 N–H and O–H groups in total. The summed E-state index contributed by atoms with van der Waals surface area (Å²) in [5.41, 5.74) is -0.176. The van der Waals surface area contributed by atoms with Crippen LogP contribution in [0, 0.1) is 11.3 Å². The Morgan fingerprint density at radius 2 is 2.29 bits per heavy atom. The topological polar surface area (TPSA) is 36.7 Å². The van der Waals surface area contributed by atoms with Gasteiger partial charge < -0.3 is 0 Å². The van der Waals surface area contributed by atoms with Crippen LogP contribution >= 0.6 is 27.5 Å². The molecule has 0 amide bonds. The minimum Gasteiger partial charge on any atom is -0.247 e. The van der Waals surface area contributed by atoms with Gasteiger partial charge in [0.1, 0.15) is 4.60 Å². The summed E-state index contributed by atoms with van der Waals surface area (Å²) in [4.78, 5) is 3.74. The van der Waals surface area contributed by atoms with E-state index in [2.05, 4.69) is 20.9 Å². The molecule has 14 heavy (non-hydrogen) atoms. The number of alkyl halides is 2. The first-order chi connectivity index (χ1) is 6.57. The number of rotatable bonds is 2. The highest BCUT2D eigenvalue weighted by Gasteiger charge is 2.19. The first-order valence-corrected chi connectivity index (χ1v) is 4.73. The summed E-state index contributed by atoms with van der Waals surface area (Å²) in [6.45, 7) is 0. The maximum Gasteiger partial charge on any atom is 0.265 e. The predicted molar refractivity (Wildman–Crippen MR) is 51.2 cm³/mol. The van der Waals surface area contributed by atoms with Crippen molar-refractivity contribution in [3.05, 3.63) is 26.9 Å². The Bertz CT molecular complexity index is 390. The number of nitriles is 1. The Morgan fingerprint density at radius 1 is 1.64 bits per heavy atom. The smallest absolute Gasteiger partial charge is 0.247 e. The Labute approximate surface area is 92.6 Å². The predicted octanol–water partition coefficient (Wildman–Crippen LogP) is 3.50. The van der Waals surface area contributed by atoms with Crippen LogP contribution in [0.4, 0.5) is 8.78 Å². The summed E-state index contributed by atoms with van der Waals surface area (Å²) >= 11 is 8.56. The zero-order chi connectivity index (χ0) is 10.7. The molecule has 1 aromatic heterocycles. The molecule has 0 unspecified atom stereocenters. The molecule has 0 aliphatic rings. The van der Waals surface area contributed by atoms with Gasteiger partial charge in [0.2, 0.25) is 0 Å². The number of halogens is 4. The van der Waals surface area contributed by atoms with Crippen LogP contribution < -0.4 is 0 Å². The van der Waals surface area contributed by atoms with Crippen LogP contribution in [0.25, 0.3) is 0 Å². The van der Waals surface area contributed by atoms with Crippen LogP contribution in [0.5, 0.6) is 0 Å². The average Bonchev–Trinajstić information content (AvgIpc) is 2.11. The third-order valence-corrected chi connectivity index (χ3v) is 2.58. The third kappa shape index (κ3) is 2.20. The van der Waals surface area contributed by atoms with Gasteiger partial charge in [0.15, 0.2) is 0 Å². The quantitative estimate of drug-likeness (QED) is 0.778. The normalized spacial score (nSPS) is 10.3. The van der Waals surface area contributed by atoms with Gasteiger partial charge >= 0.3 is 0 Å². The molecule has 0 spiro atoms. The molecule has 0 aromatic carbocycles. The lowest BCUT2D eigenvalue weighted by molar-refractivity contribution is 0.150. The summed E-state index contributed by atoms with van der Waals surface area (Å²) in [5.74, 6) is 0. The van der Waals surface area contributed by atoms with Crippen LogP contribution in [0.3, 0.4) is 0 Å². The Morgan fingerprint density at radius 3 is 2.79 bits per heavy atom. The van der Waals surface area contributed by atoms with Gasteiger partial charge in [-0.1, -0.05) is 11.6 Å². The first kappa shape index (κ1) is 11.3. The van der Waals surface area contributed by atoms with E-state index in [1.165, 1.54) is 0 Å². The Kier molecular flexibility index (Phi) is 3.78. The minimum atomic E-state index is -2.70. The third-order valence-electron chi connectivity index (χ3n) is 1.60.